The first-order chi connectivity index (χ1) is 8.93. The predicted octanol–water partition coefficient (Wildman–Crippen LogP) is 1.75. The minimum Gasteiger partial charge on any atom is -0.302 e. The van der Waals surface area contributed by atoms with E-state index in [2.05, 4.69) is 0 Å². The van der Waals surface area contributed by atoms with Crippen LogP contribution in [0, 0.1) is 6.92 Å². The molecule has 1 saturated heterocycles. The Balaban J connectivity index is 2.44. The molecule has 1 atom stereocenters. The minimum absolute atomic E-state index is 0.112. The Morgan fingerprint density at radius 2 is 1.84 bits per heavy atom. The predicted molar refractivity (Wildman–Crippen MR) is 72.8 cm³/mol. The molecule has 1 unspecified atom stereocenters. The van der Waals surface area contributed by atoms with Gasteiger partial charge in [0.2, 0.25) is 10.0 Å². The standard InChI is InChI=1S/C12H17NO4S2/c1-10-5-6-11(18(14)15)9-12(10)19(16,17)13-7-3-2-4-8-13/h5-6,9H,2-4,7-8H2,1H3,(H,14,15). The Kier molecular flexibility index (Phi) is 4.39. The van der Waals surface area contributed by atoms with E-state index in [4.69, 9.17) is 4.55 Å². The number of sulfonamides is 1. The summed E-state index contributed by atoms with van der Waals surface area (Å²) in [5.74, 6) is 0. The van der Waals surface area contributed by atoms with Crippen LogP contribution in [-0.4, -0.2) is 34.6 Å². The second-order valence-corrected chi connectivity index (χ2v) is 7.52. The molecule has 0 spiro atoms. The van der Waals surface area contributed by atoms with E-state index in [1.807, 2.05) is 0 Å². The molecule has 0 radical (unpaired) electrons. The average molecular weight is 303 g/mol. The Labute approximate surface area is 116 Å². The van der Waals surface area contributed by atoms with Crippen molar-refractivity contribution < 1.29 is 17.2 Å². The maximum Gasteiger partial charge on any atom is 0.243 e. The van der Waals surface area contributed by atoms with Crippen molar-refractivity contribution in [1.29, 1.82) is 0 Å². The van der Waals surface area contributed by atoms with Gasteiger partial charge in [-0.25, -0.2) is 12.6 Å². The lowest BCUT2D eigenvalue weighted by atomic mass is 10.2. The lowest BCUT2D eigenvalue weighted by Crippen LogP contribution is -2.36. The first kappa shape index (κ1) is 14.6. The molecule has 0 bridgehead atoms. The Hall–Kier alpha value is -0.760. The van der Waals surface area contributed by atoms with Gasteiger partial charge in [-0.05, 0) is 37.5 Å². The van der Waals surface area contributed by atoms with Gasteiger partial charge in [0, 0.05) is 13.1 Å². The number of aryl methyl sites for hydroxylation is 1. The zero-order chi connectivity index (χ0) is 14.0. The largest absolute Gasteiger partial charge is 0.302 e. The molecule has 1 aromatic carbocycles. The highest BCUT2D eigenvalue weighted by atomic mass is 32.2. The van der Waals surface area contributed by atoms with Crippen LogP contribution in [0.3, 0.4) is 0 Å². The smallest absolute Gasteiger partial charge is 0.243 e. The quantitative estimate of drug-likeness (QED) is 0.863. The van der Waals surface area contributed by atoms with Crippen LogP contribution in [0.15, 0.2) is 28.0 Å². The van der Waals surface area contributed by atoms with Crippen molar-refractivity contribution in [2.45, 2.75) is 36.0 Å². The van der Waals surface area contributed by atoms with Crippen LogP contribution >= 0.6 is 0 Å². The van der Waals surface area contributed by atoms with E-state index < -0.39 is 21.1 Å². The summed E-state index contributed by atoms with van der Waals surface area (Å²) in [6.45, 7) is 2.74. The molecule has 2 rings (SSSR count). The number of benzene rings is 1. The number of nitrogens with zero attached hydrogens (tertiary/aromatic N) is 1. The lowest BCUT2D eigenvalue weighted by molar-refractivity contribution is 0.346. The van der Waals surface area contributed by atoms with Crippen molar-refractivity contribution in [3.63, 3.8) is 0 Å². The van der Waals surface area contributed by atoms with Gasteiger partial charge in [-0.2, -0.15) is 4.31 Å². The van der Waals surface area contributed by atoms with Crippen molar-refractivity contribution in [3.05, 3.63) is 23.8 Å². The molecular formula is C12H17NO4S2. The molecule has 0 aromatic heterocycles. The average Bonchev–Trinajstić information content (AvgIpc) is 2.39. The van der Waals surface area contributed by atoms with Crippen LogP contribution in [0.1, 0.15) is 24.8 Å². The molecule has 0 amide bonds. The van der Waals surface area contributed by atoms with Crippen LogP contribution in [0.25, 0.3) is 0 Å². The molecule has 19 heavy (non-hydrogen) atoms. The molecule has 1 aliphatic heterocycles. The summed E-state index contributed by atoms with van der Waals surface area (Å²) in [4.78, 5) is 0.246. The third-order valence-electron chi connectivity index (χ3n) is 3.29. The van der Waals surface area contributed by atoms with Crippen LogP contribution in [0.5, 0.6) is 0 Å². The third kappa shape index (κ3) is 3.05. The van der Waals surface area contributed by atoms with Gasteiger partial charge in [0.1, 0.15) is 0 Å². The van der Waals surface area contributed by atoms with Crippen molar-refractivity contribution in [2.75, 3.05) is 13.1 Å². The molecule has 1 heterocycles. The highest BCUT2D eigenvalue weighted by Crippen LogP contribution is 2.25. The van der Waals surface area contributed by atoms with E-state index in [1.165, 1.54) is 16.4 Å². The van der Waals surface area contributed by atoms with E-state index in [0.717, 1.165) is 19.3 Å². The summed E-state index contributed by atoms with van der Waals surface area (Å²) in [7, 11) is -3.56. The van der Waals surface area contributed by atoms with E-state index in [1.54, 1.807) is 13.0 Å². The molecular weight excluding hydrogens is 286 g/mol. The van der Waals surface area contributed by atoms with E-state index in [0.29, 0.717) is 18.7 Å². The number of hydrogen-bond donors (Lipinski definition) is 1. The summed E-state index contributed by atoms with van der Waals surface area (Å²) in [6.07, 6.45) is 2.78. The Bertz CT molecular complexity index is 592. The van der Waals surface area contributed by atoms with Gasteiger partial charge in [0.15, 0.2) is 11.1 Å². The minimum atomic E-state index is -3.56. The van der Waals surface area contributed by atoms with Gasteiger partial charge in [0.25, 0.3) is 0 Å². The fourth-order valence-electron chi connectivity index (χ4n) is 2.21. The van der Waals surface area contributed by atoms with Gasteiger partial charge >= 0.3 is 0 Å². The van der Waals surface area contributed by atoms with Crippen molar-refractivity contribution >= 4 is 21.1 Å². The maximum atomic E-state index is 12.5. The Morgan fingerprint density at radius 3 is 2.42 bits per heavy atom. The molecule has 1 aromatic rings. The summed E-state index contributed by atoms with van der Waals surface area (Å²) < 4.78 is 46.7. The summed E-state index contributed by atoms with van der Waals surface area (Å²) in [5.41, 5.74) is 0.597. The zero-order valence-corrected chi connectivity index (χ0v) is 12.3. The van der Waals surface area contributed by atoms with Crippen molar-refractivity contribution in [3.8, 4) is 0 Å². The van der Waals surface area contributed by atoms with E-state index >= 15 is 0 Å². The highest BCUT2D eigenvalue weighted by molar-refractivity contribution is 7.89. The number of rotatable bonds is 3. The SMILES string of the molecule is Cc1ccc(S(=O)O)cc1S(=O)(=O)N1CCCCC1. The third-order valence-corrected chi connectivity index (χ3v) is 5.99. The molecule has 106 valence electrons. The van der Waals surface area contributed by atoms with Gasteiger partial charge in [-0.15, -0.1) is 0 Å². The highest BCUT2D eigenvalue weighted by Gasteiger charge is 2.27. The molecule has 1 N–H and O–H groups in total. The van der Waals surface area contributed by atoms with Gasteiger partial charge in [-0.1, -0.05) is 12.5 Å². The molecule has 0 aliphatic carbocycles. The van der Waals surface area contributed by atoms with E-state index in [-0.39, 0.29) is 9.79 Å². The van der Waals surface area contributed by atoms with Gasteiger partial charge in [0.05, 0.1) is 9.79 Å². The second kappa shape index (κ2) is 5.70. The summed E-state index contributed by atoms with van der Waals surface area (Å²) in [5, 5.41) is 0. The van der Waals surface area contributed by atoms with E-state index in [9.17, 15) is 12.6 Å². The Morgan fingerprint density at radius 1 is 1.21 bits per heavy atom. The molecule has 1 aliphatic rings. The molecule has 7 heteroatoms. The number of hydrogen-bond acceptors (Lipinski definition) is 3. The normalized spacial score (nSPS) is 19.3. The van der Waals surface area contributed by atoms with Gasteiger partial charge in [-0.3, -0.25) is 0 Å². The fraction of sp³-hybridized carbons (Fsp3) is 0.500. The van der Waals surface area contributed by atoms with Crippen LogP contribution < -0.4 is 0 Å². The van der Waals surface area contributed by atoms with Crippen LogP contribution in [0.4, 0.5) is 0 Å². The lowest BCUT2D eigenvalue weighted by Gasteiger charge is -2.26. The zero-order valence-electron chi connectivity index (χ0n) is 10.7. The molecule has 5 nitrogen and oxygen atoms in total. The van der Waals surface area contributed by atoms with Crippen molar-refractivity contribution in [2.24, 2.45) is 0 Å². The summed E-state index contributed by atoms with van der Waals surface area (Å²) >= 11 is -2.17. The second-order valence-electron chi connectivity index (χ2n) is 4.64. The first-order valence-electron chi connectivity index (χ1n) is 6.14. The monoisotopic (exact) mass is 303 g/mol. The first-order valence-corrected chi connectivity index (χ1v) is 8.69. The summed E-state index contributed by atoms with van der Waals surface area (Å²) in [6, 6.07) is 4.34. The van der Waals surface area contributed by atoms with Crippen molar-refractivity contribution in [1.82, 2.24) is 4.31 Å². The number of piperidine rings is 1. The fourth-order valence-corrected chi connectivity index (χ4v) is 4.46. The topological polar surface area (TPSA) is 74.7 Å². The molecule has 0 saturated carbocycles. The van der Waals surface area contributed by atoms with Crippen LogP contribution in [-0.2, 0) is 21.1 Å². The maximum absolute atomic E-state index is 12.5. The molecule has 1 fully saturated rings. The van der Waals surface area contributed by atoms with Gasteiger partial charge < -0.3 is 4.55 Å². The van der Waals surface area contributed by atoms with Crippen LogP contribution in [0.2, 0.25) is 0 Å².